The SMILES string of the molecule is [CH2]c1c(C)noc1-c1ccc(O[Si](C)(C)C(C)(C)C)c(C)n1. The Morgan fingerprint density at radius 2 is 1.77 bits per heavy atom. The molecule has 0 aliphatic heterocycles. The second kappa shape index (κ2) is 5.54. The van der Waals surface area contributed by atoms with Crippen molar-refractivity contribution in [2.24, 2.45) is 0 Å². The van der Waals surface area contributed by atoms with E-state index < -0.39 is 8.32 Å². The molecule has 22 heavy (non-hydrogen) atoms. The minimum atomic E-state index is -1.87. The number of hydrogen-bond acceptors (Lipinski definition) is 4. The molecular weight excluding hydrogens is 292 g/mol. The molecule has 2 heterocycles. The quantitative estimate of drug-likeness (QED) is 0.754. The monoisotopic (exact) mass is 317 g/mol. The molecule has 0 saturated carbocycles. The lowest BCUT2D eigenvalue weighted by atomic mass is 10.1. The molecule has 2 aromatic heterocycles. The fraction of sp³-hybridized carbons (Fsp3) is 0.471. The minimum absolute atomic E-state index is 0.153. The highest BCUT2D eigenvalue weighted by atomic mass is 28.4. The van der Waals surface area contributed by atoms with Gasteiger partial charge in [-0.1, -0.05) is 25.9 Å². The fourth-order valence-corrected chi connectivity index (χ4v) is 2.87. The zero-order chi connectivity index (χ0) is 16.7. The Labute approximate surface area is 134 Å². The predicted octanol–water partition coefficient (Wildman–Crippen LogP) is 4.92. The maximum atomic E-state index is 6.34. The molecule has 4 nitrogen and oxygen atoms in total. The van der Waals surface area contributed by atoms with Crippen molar-refractivity contribution in [3.05, 3.63) is 36.0 Å². The summed E-state index contributed by atoms with van der Waals surface area (Å²) in [7, 11) is -1.87. The van der Waals surface area contributed by atoms with E-state index in [0.717, 1.165) is 28.4 Å². The Bertz CT molecular complexity index is 684. The van der Waals surface area contributed by atoms with Gasteiger partial charge in [0, 0.05) is 5.56 Å². The van der Waals surface area contributed by atoms with E-state index in [1.807, 2.05) is 26.0 Å². The molecule has 0 bridgehead atoms. The van der Waals surface area contributed by atoms with Crippen molar-refractivity contribution < 1.29 is 8.95 Å². The first-order valence-electron chi connectivity index (χ1n) is 7.48. The molecule has 1 radical (unpaired) electrons. The summed E-state index contributed by atoms with van der Waals surface area (Å²) in [6, 6.07) is 3.87. The highest BCUT2D eigenvalue weighted by Crippen LogP contribution is 2.38. The van der Waals surface area contributed by atoms with E-state index in [1.54, 1.807) is 0 Å². The van der Waals surface area contributed by atoms with Crippen molar-refractivity contribution in [1.82, 2.24) is 10.1 Å². The molecule has 0 aliphatic carbocycles. The lowest BCUT2D eigenvalue weighted by Crippen LogP contribution is -2.44. The number of nitrogens with zero attached hydrogens (tertiary/aromatic N) is 2. The molecule has 2 rings (SSSR count). The van der Waals surface area contributed by atoms with Gasteiger partial charge in [-0.25, -0.2) is 4.98 Å². The normalized spacial score (nSPS) is 12.5. The van der Waals surface area contributed by atoms with Gasteiger partial charge in [0.2, 0.25) is 0 Å². The molecule has 0 fully saturated rings. The molecule has 0 aromatic carbocycles. The molecule has 0 N–H and O–H groups in total. The van der Waals surface area contributed by atoms with Crippen LogP contribution in [0.3, 0.4) is 0 Å². The number of pyridine rings is 1. The topological polar surface area (TPSA) is 48.2 Å². The average Bonchev–Trinajstić information content (AvgIpc) is 2.71. The third kappa shape index (κ3) is 3.09. The number of aromatic nitrogens is 2. The second-order valence-corrected chi connectivity index (χ2v) is 11.9. The van der Waals surface area contributed by atoms with Gasteiger partial charge in [0.1, 0.15) is 11.4 Å². The first-order chi connectivity index (χ1) is 10.0. The molecule has 0 saturated heterocycles. The van der Waals surface area contributed by atoms with Crippen LogP contribution >= 0.6 is 0 Å². The van der Waals surface area contributed by atoms with Crippen molar-refractivity contribution in [1.29, 1.82) is 0 Å². The van der Waals surface area contributed by atoms with Crippen molar-refractivity contribution in [3.8, 4) is 17.2 Å². The van der Waals surface area contributed by atoms with Crippen LogP contribution in [-0.4, -0.2) is 18.5 Å². The van der Waals surface area contributed by atoms with Gasteiger partial charge >= 0.3 is 0 Å². The van der Waals surface area contributed by atoms with Crippen molar-refractivity contribution in [2.45, 2.75) is 52.8 Å². The van der Waals surface area contributed by atoms with Gasteiger partial charge in [-0.3, -0.25) is 0 Å². The van der Waals surface area contributed by atoms with Gasteiger partial charge in [0.15, 0.2) is 5.76 Å². The maximum Gasteiger partial charge on any atom is 0.250 e. The summed E-state index contributed by atoms with van der Waals surface area (Å²) in [6.07, 6.45) is 0. The largest absolute Gasteiger partial charge is 0.542 e. The smallest absolute Gasteiger partial charge is 0.250 e. The van der Waals surface area contributed by atoms with Crippen molar-refractivity contribution >= 4 is 8.32 Å². The lowest BCUT2D eigenvalue weighted by Gasteiger charge is -2.36. The highest BCUT2D eigenvalue weighted by molar-refractivity contribution is 6.74. The molecule has 119 valence electrons. The zero-order valence-electron chi connectivity index (χ0n) is 14.6. The van der Waals surface area contributed by atoms with E-state index in [2.05, 4.69) is 50.9 Å². The van der Waals surface area contributed by atoms with Gasteiger partial charge in [-0.05, 0) is 51.0 Å². The third-order valence-electron chi connectivity index (χ3n) is 4.43. The van der Waals surface area contributed by atoms with Crippen LogP contribution in [0, 0.1) is 20.8 Å². The molecule has 0 unspecified atom stereocenters. The summed E-state index contributed by atoms with van der Waals surface area (Å²) >= 11 is 0. The Hall–Kier alpha value is -1.62. The van der Waals surface area contributed by atoms with Crippen LogP contribution in [0.2, 0.25) is 18.1 Å². The van der Waals surface area contributed by atoms with Gasteiger partial charge in [-0.2, -0.15) is 0 Å². The molecule has 0 aliphatic rings. The number of hydrogen-bond donors (Lipinski definition) is 0. The van der Waals surface area contributed by atoms with E-state index in [9.17, 15) is 0 Å². The molecule has 5 heteroatoms. The Morgan fingerprint density at radius 1 is 1.14 bits per heavy atom. The zero-order valence-corrected chi connectivity index (χ0v) is 15.6. The van der Waals surface area contributed by atoms with E-state index in [4.69, 9.17) is 8.95 Å². The molecule has 0 atom stereocenters. The fourth-order valence-electron chi connectivity index (χ4n) is 1.80. The Morgan fingerprint density at radius 3 is 2.23 bits per heavy atom. The summed E-state index contributed by atoms with van der Waals surface area (Å²) < 4.78 is 11.7. The number of aryl methyl sites for hydroxylation is 2. The molecule has 0 amide bonds. The average molecular weight is 317 g/mol. The van der Waals surface area contributed by atoms with Gasteiger partial charge in [0.25, 0.3) is 8.32 Å². The van der Waals surface area contributed by atoms with Gasteiger partial charge < -0.3 is 8.95 Å². The van der Waals surface area contributed by atoms with Crippen LogP contribution in [0.1, 0.15) is 37.7 Å². The van der Waals surface area contributed by atoms with E-state index in [-0.39, 0.29) is 5.04 Å². The predicted molar refractivity (Wildman–Crippen MR) is 91.5 cm³/mol. The van der Waals surface area contributed by atoms with Crippen LogP contribution in [0.25, 0.3) is 11.5 Å². The summed E-state index contributed by atoms with van der Waals surface area (Å²) in [5.41, 5.74) is 3.17. The first kappa shape index (κ1) is 16.7. The minimum Gasteiger partial charge on any atom is -0.542 e. The van der Waals surface area contributed by atoms with Crippen molar-refractivity contribution in [2.75, 3.05) is 0 Å². The van der Waals surface area contributed by atoms with E-state index in [1.165, 1.54) is 0 Å². The van der Waals surface area contributed by atoms with Gasteiger partial charge in [-0.15, -0.1) is 0 Å². The standard InChI is InChI=1S/C17H25N2O2Si/c1-11-12(2)19-20-16(11)14-9-10-15(13(3)18-14)21-22(7,8)17(4,5)6/h9-10H,1H2,2-8H3. The highest BCUT2D eigenvalue weighted by Gasteiger charge is 2.39. The van der Waals surface area contributed by atoms with Gasteiger partial charge in [0.05, 0.1) is 11.4 Å². The van der Waals surface area contributed by atoms with Crippen molar-refractivity contribution in [3.63, 3.8) is 0 Å². The molecule has 0 spiro atoms. The van der Waals surface area contributed by atoms with E-state index >= 15 is 0 Å². The second-order valence-electron chi connectivity index (χ2n) is 7.22. The molecule has 2 aromatic rings. The number of rotatable bonds is 3. The summed E-state index contributed by atoms with van der Waals surface area (Å²) in [4.78, 5) is 4.61. The first-order valence-corrected chi connectivity index (χ1v) is 10.4. The Kier molecular flexibility index (Phi) is 4.21. The summed E-state index contributed by atoms with van der Waals surface area (Å²) in [5, 5.41) is 4.09. The van der Waals surface area contributed by atoms with Crippen LogP contribution < -0.4 is 4.43 Å². The lowest BCUT2D eigenvalue weighted by molar-refractivity contribution is 0.425. The van der Waals surface area contributed by atoms with Crippen LogP contribution in [0.15, 0.2) is 16.7 Å². The maximum absolute atomic E-state index is 6.34. The van der Waals surface area contributed by atoms with Crippen LogP contribution in [0.4, 0.5) is 0 Å². The van der Waals surface area contributed by atoms with Crippen LogP contribution in [0.5, 0.6) is 5.75 Å². The summed E-state index contributed by atoms with van der Waals surface area (Å²) in [6.45, 7) is 18.9. The van der Waals surface area contributed by atoms with E-state index in [0.29, 0.717) is 5.76 Å². The summed E-state index contributed by atoms with van der Waals surface area (Å²) in [5.74, 6) is 1.47. The molecular formula is C17H25N2O2Si. The third-order valence-corrected chi connectivity index (χ3v) is 8.77. The Balaban J connectivity index is 2.33. The van der Waals surface area contributed by atoms with Crippen LogP contribution in [-0.2, 0) is 0 Å².